The van der Waals surface area contributed by atoms with Gasteiger partial charge in [-0.25, -0.2) is 0 Å². The van der Waals surface area contributed by atoms with Crippen molar-refractivity contribution >= 4 is 0 Å². The second kappa shape index (κ2) is 7.52. The summed E-state index contributed by atoms with van der Waals surface area (Å²) < 4.78 is 0. The van der Waals surface area contributed by atoms with Crippen molar-refractivity contribution in [3.8, 4) is 0 Å². The van der Waals surface area contributed by atoms with Crippen molar-refractivity contribution in [2.75, 3.05) is 33.8 Å². The van der Waals surface area contributed by atoms with Gasteiger partial charge in [-0.3, -0.25) is 0 Å². The predicted octanol–water partition coefficient (Wildman–Crippen LogP) is 1.88. The zero-order valence-electron chi connectivity index (χ0n) is 12.0. The summed E-state index contributed by atoms with van der Waals surface area (Å²) >= 11 is 0. The Morgan fingerprint density at radius 2 is 1.78 bits per heavy atom. The lowest BCUT2D eigenvalue weighted by molar-refractivity contribution is 0.216. The SMILES string of the molecule is CNC(CCN(C)CCO)c1cc(C)cc(C)c1. The van der Waals surface area contributed by atoms with E-state index in [0.717, 1.165) is 19.5 Å². The normalized spacial score (nSPS) is 13.0. The second-order valence-corrected chi connectivity index (χ2v) is 5.08. The van der Waals surface area contributed by atoms with Crippen LogP contribution in [0.3, 0.4) is 0 Å². The van der Waals surface area contributed by atoms with Crippen molar-refractivity contribution in [1.82, 2.24) is 10.2 Å². The highest BCUT2D eigenvalue weighted by molar-refractivity contribution is 5.30. The first-order chi connectivity index (χ1) is 8.56. The van der Waals surface area contributed by atoms with Crippen molar-refractivity contribution in [2.24, 2.45) is 0 Å². The Bertz CT molecular complexity index is 345. The van der Waals surface area contributed by atoms with E-state index in [1.165, 1.54) is 16.7 Å². The molecule has 0 amide bonds. The first-order valence-corrected chi connectivity index (χ1v) is 6.61. The number of nitrogens with one attached hydrogen (secondary N) is 1. The number of nitrogens with zero attached hydrogens (tertiary/aromatic N) is 1. The van der Waals surface area contributed by atoms with Gasteiger partial charge < -0.3 is 15.3 Å². The Hall–Kier alpha value is -0.900. The lowest BCUT2D eigenvalue weighted by Gasteiger charge is -2.22. The molecule has 0 fully saturated rings. The number of rotatable bonds is 7. The summed E-state index contributed by atoms with van der Waals surface area (Å²) in [6, 6.07) is 7.08. The van der Waals surface area contributed by atoms with Gasteiger partial charge in [-0.15, -0.1) is 0 Å². The Kier molecular flexibility index (Phi) is 6.33. The molecule has 18 heavy (non-hydrogen) atoms. The summed E-state index contributed by atoms with van der Waals surface area (Å²) in [7, 11) is 4.05. The van der Waals surface area contributed by atoms with Gasteiger partial charge in [-0.05, 0) is 46.5 Å². The minimum Gasteiger partial charge on any atom is -0.395 e. The molecule has 0 bridgehead atoms. The van der Waals surface area contributed by atoms with Gasteiger partial charge >= 0.3 is 0 Å². The zero-order valence-corrected chi connectivity index (χ0v) is 12.0. The predicted molar refractivity (Wildman–Crippen MR) is 76.9 cm³/mol. The van der Waals surface area contributed by atoms with Crippen molar-refractivity contribution in [1.29, 1.82) is 0 Å². The third-order valence-corrected chi connectivity index (χ3v) is 3.28. The van der Waals surface area contributed by atoms with Crippen LogP contribution in [0.5, 0.6) is 0 Å². The first-order valence-electron chi connectivity index (χ1n) is 6.61. The van der Waals surface area contributed by atoms with E-state index in [1.807, 2.05) is 14.1 Å². The smallest absolute Gasteiger partial charge is 0.0558 e. The van der Waals surface area contributed by atoms with E-state index in [2.05, 4.69) is 42.3 Å². The van der Waals surface area contributed by atoms with Gasteiger partial charge in [-0.1, -0.05) is 29.3 Å². The van der Waals surface area contributed by atoms with Gasteiger partial charge in [0.15, 0.2) is 0 Å². The molecule has 1 unspecified atom stereocenters. The van der Waals surface area contributed by atoms with Crippen LogP contribution in [0, 0.1) is 13.8 Å². The van der Waals surface area contributed by atoms with Gasteiger partial charge in [0.2, 0.25) is 0 Å². The van der Waals surface area contributed by atoms with Crippen LogP contribution in [0.4, 0.5) is 0 Å². The molecular formula is C15H26N2O. The summed E-state index contributed by atoms with van der Waals surface area (Å²) in [5, 5.41) is 12.3. The third-order valence-electron chi connectivity index (χ3n) is 3.28. The molecular weight excluding hydrogens is 224 g/mol. The monoisotopic (exact) mass is 250 g/mol. The number of aryl methyl sites for hydroxylation is 2. The molecule has 1 aromatic carbocycles. The molecule has 0 aliphatic rings. The molecule has 0 aliphatic carbocycles. The highest BCUT2D eigenvalue weighted by Gasteiger charge is 2.11. The van der Waals surface area contributed by atoms with Crippen LogP contribution < -0.4 is 5.32 Å². The Balaban J connectivity index is 2.65. The summed E-state index contributed by atoms with van der Waals surface area (Å²) in [4.78, 5) is 2.16. The molecule has 0 saturated heterocycles. The Morgan fingerprint density at radius 1 is 1.17 bits per heavy atom. The topological polar surface area (TPSA) is 35.5 Å². The quantitative estimate of drug-likeness (QED) is 0.775. The van der Waals surface area contributed by atoms with Crippen LogP contribution in [0.1, 0.15) is 29.2 Å². The molecule has 0 aliphatic heterocycles. The fourth-order valence-electron chi connectivity index (χ4n) is 2.32. The van der Waals surface area contributed by atoms with Crippen molar-refractivity contribution in [3.63, 3.8) is 0 Å². The standard InChI is InChI=1S/C15H26N2O/c1-12-9-13(2)11-14(10-12)15(16-3)5-6-17(4)7-8-18/h9-11,15-16,18H,5-8H2,1-4H3. The van der Waals surface area contributed by atoms with E-state index >= 15 is 0 Å². The number of benzene rings is 1. The highest BCUT2D eigenvalue weighted by Crippen LogP contribution is 2.19. The number of hydrogen-bond acceptors (Lipinski definition) is 3. The molecule has 1 rings (SSSR count). The fraction of sp³-hybridized carbons (Fsp3) is 0.600. The summed E-state index contributed by atoms with van der Waals surface area (Å²) in [6.45, 7) is 6.23. The summed E-state index contributed by atoms with van der Waals surface area (Å²) in [5.74, 6) is 0. The van der Waals surface area contributed by atoms with Crippen molar-refractivity contribution < 1.29 is 5.11 Å². The lowest BCUT2D eigenvalue weighted by Crippen LogP contribution is -2.27. The minimum atomic E-state index is 0.226. The van der Waals surface area contributed by atoms with Crippen LogP contribution in [0.25, 0.3) is 0 Å². The fourth-order valence-corrected chi connectivity index (χ4v) is 2.32. The van der Waals surface area contributed by atoms with Gasteiger partial charge in [0.25, 0.3) is 0 Å². The van der Waals surface area contributed by atoms with E-state index in [0.29, 0.717) is 6.04 Å². The molecule has 1 atom stereocenters. The molecule has 0 radical (unpaired) electrons. The van der Waals surface area contributed by atoms with E-state index < -0.39 is 0 Å². The average Bonchev–Trinajstić information content (AvgIpc) is 2.29. The van der Waals surface area contributed by atoms with Crippen LogP contribution in [-0.4, -0.2) is 43.8 Å². The molecule has 2 N–H and O–H groups in total. The maximum absolute atomic E-state index is 8.89. The molecule has 1 aromatic rings. The van der Waals surface area contributed by atoms with E-state index in [1.54, 1.807) is 0 Å². The number of hydrogen-bond donors (Lipinski definition) is 2. The second-order valence-electron chi connectivity index (χ2n) is 5.08. The van der Waals surface area contributed by atoms with E-state index in [-0.39, 0.29) is 6.61 Å². The maximum atomic E-state index is 8.89. The van der Waals surface area contributed by atoms with Gasteiger partial charge in [0.05, 0.1) is 6.61 Å². The van der Waals surface area contributed by atoms with Crippen molar-refractivity contribution in [3.05, 3.63) is 34.9 Å². The molecule has 0 spiro atoms. The Labute approximate surface area is 111 Å². The number of aliphatic hydroxyl groups excluding tert-OH is 1. The van der Waals surface area contributed by atoms with Gasteiger partial charge in [-0.2, -0.15) is 0 Å². The third kappa shape index (κ3) is 4.77. The lowest BCUT2D eigenvalue weighted by atomic mass is 9.99. The van der Waals surface area contributed by atoms with Crippen LogP contribution in [-0.2, 0) is 0 Å². The molecule has 0 heterocycles. The van der Waals surface area contributed by atoms with Gasteiger partial charge in [0.1, 0.15) is 0 Å². The summed E-state index contributed by atoms with van der Waals surface area (Å²) in [5.41, 5.74) is 3.98. The molecule has 0 saturated carbocycles. The number of likely N-dealkylation sites (N-methyl/N-ethyl adjacent to an activating group) is 1. The number of aliphatic hydroxyl groups is 1. The summed E-state index contributed by atoms with van der Waals surface area (Å²) in [6.07, 6.45) is 1.05. The molecule has 3 heteroatoms. The van der Waals surface area contributed by atoms with E-state index in [9.17, 15) is 0 Å². The van der Waals surface area contributed by atoms with Crippen LogP contribution in [0.15, 0.2) is 18.2 Å². The van der Waals surface area contributed by atoms with Crippen LogP contribution in [0.2, 0.25) is 0 Å². The van der Waals surface area contributed by atoms with E-state index in [4.69, 9.17) is 5.11 Å². The average molecular weight is 250 g/mol. The van der Waals surface area contributed by atoms with Gasteiger partial charge in [0, 0.05) is 12.6 Å². The highest BCUT2D eigenvalue weighted by atomic mass is 16.3. The molecule has 3 nitrogen and oxygen atoms in total. The van der Waals surface area contributed by atoms with Crippen LogP contribution >= 0.6 is 0 Å². The molecule has 0 aromatic heterocycles. The zero-order chi connectivity index (χ0) is 13.5. The first kappa shape index (κ1) is 15.2. The largest absolute Gasteiger partial charge is 0.395 e. The minimum absolute atomic E-state index is 0.226. The van der Waals surface area contributed by atoms with Crippen molar-refractivity contribution in [2.45, 2.75) is 26.3 Å². The molecule has 102 valence electrons. The maximum Gasteiger partial charge on any atom is 0.0558 e. The Morgan fingerprint density at radius 3 is 2.28 bits per heavy atom.